The molecule has 0 saturated heterocycles. The lowest BCUT2D eigenvalue weighted by atomic mass is 10.0. The van der Waals surface area contributed by atoms with E-state index in [0.717, 1.165) is 29.4 Å². The molecule has 5 rings (SSSR count). The number of ketones is 1. The average molecular weight is 809 g/mol. The second kappa shape index (κ2) is 23.1. The number of H-pyrrole nitrogens is 1. The number of nitrogens with zero attached hydrogens (tertiary/aromatic N) is 3. The first-order valence-electron chi connectivity index (χ1n) is 20.8. The molecule has 308 valence electrons. The Balaban J connectivity index is 1.18. The van der Waals surface area contributed by atoms with Gasteiger partial charge in [-0.15, -0.1) is 0 Å². The molecule has 0 fully saturated rings. The van der Waals surface area contributed by atoms with Crippen LogP contribution in [0.5, 0.6) is 5.88 Å². The van der Waals surface area contributed by atoms with Gasteiger partial charge < -0.3 is 20.7 Å². The van der Waals surface area contributed by atoms with Crippen molar-refractivity contribution in [3.8, 4) is 17.3 Å². The number of Topliss-reactive ketones (excluding diaryl/α,β-unsaturated/α-hetero) is 1. The maximum Gasteiger partial charge on any atom is 0.332 e. The summed E-state index contributed by atoms with van der Waals surface area (Å²) in [5.41, 5.74) is 1.18. The minimum Gasteiger partial charge on any atom is -0.493 e. The van der Waals surface area contributed by atoms with Crippen LogP contribution < -0.4 is 16.3 Å². The van der Waals surface area contributed by atoms with E-state index in [1.165, 1.54) is 106 Å². The molecule has 4 N–H and O–H groups in total. The Bertz CT molecular complexity index is 2110. The highest BCUT2D eigenvalue weighted by atomic mass is 35.5. The molecule has 1 unspecified atom stereocenters. The Kier molecular flexibility index (Phi) is 17.4. The largest absolute Gasteiger partial charge is 0.493 e. The van der Waals surface area contributed by atoms with Crippen molar-refractivity contribution in [2.45, 2.75) is 122 Å². The second-order valence-corrected chi connectivity index (χ2v) is 15.4. The number of imidazole rings is 2. The number of nitrogens with one attached hydrogen (secondary N) is 3. The number of unbranched alkanes of at least 4 members (excludes halogenated alkanes) is 14. The standard InChI is InChI=1S/C46H57ClN6O5/c1-2-3-4-5-6-7-8-9-10-11-12-13-14-15-22-27-40(54)49-36-28-29-37(47)38(30-36)51-45(57)42(43(56)39-31-48-44(50-39)35-25-20-17-21-26-35)53-41(55)33-52(46(53)58)32-34-23-18-16-19-24-34/h16-21,23-26,28-31,33,42,55H,2-15,22,27,32H2,1H3,(H,48,50)(H,49,54)(H,51,57). The molecule has 0 aliphatic heterocycles. The molecule has 11 nitrogen and oxygen atoms in total. The molecule has 0 saturated carbocycles. The number of hydrogen-bond donors (Lipinski definition) is 4. The van der Waals surface area contributed by atoms with E-state index < -0.39 is 29.3 Å². The summed E-state index contributed by atoms with van der Waals surface area (Å²) in [7, 11) is 0. The van der Waals surface area contributed by atoms with Crippen molar-refractivity contribution in [2.75, 3.05) is 10.6 Å². The average Bonchev–Trinajstić information content (AvgIpc) is 3.83. The van der Waals surface area contributed by atoms with Gasteiger partial charge in [-0.25, -0.2) is 14.3 Å². The summed E-state index contributed by atoms with van der Waals surface area (Å²) in [6.07, 6.45) is 21.5. The van der Waals surface area contributed by atoms with Crippen LogP contribution in [0.15, 0.2) is 96.1 Å². The minimum absolute atomic E-state index is 0.0490. The van der Waals surface area contributed by atoms with Gasteiger partial charge in [-0.1, -0.05) is 169 Å². The Hall–Kier alpha value is -5.42. The number of aromatic nitrogens is 4. The molecule has 5 aromatic rings. The van der Waals surface area contributed by atoms with Crippen LogP contribution in [-0.4, -0.2) is 41.8 Å². The van der Waals surface area contributed by atoms with E-state index in [2.05, 4.69) is 27.5 Å². The second-order valence-electron chi connectivity index (χ2n) is 15.0. The minimum atomic E-state index is -1.85. The van der Waals surface area contributed by atoms with Crippen LogP contribution in [0.1, 0.15) is 132 Å². The van der Waals surface area contributed by atoms with Crippen LogP contribution >= 0.6 is 11.6 Å². The van der Waals surface area contributed by atoms with Gasteiger partial charge in [0.1, 0.15) is 11.5 Å². The normalized spacial score (nSPS) is 11.7. The maximum atomic E-state index is 14.2. The third kappa shape index (κ3) is 13.1. The third-order valence-corrected chi connectivity index (χ3v) is 10.7. The molecule has 0 spiro atoms. The van der Waals surface area contributed by atoms with E-state index in [9.17, 15) is 24.3 Å². The molecule has 2 aromatic heterocycles. The molecular formula is C46H57ClN6O5. The van der Waals surface area contributed by atoms with Gasteiger partial charge >= 0.3 is 5.69 Å². The fourth-order valence-electron chi connectivity index (χ4n) is 7.10. The molecule has 12 heteroatoms. The van der Waals surface area contributed by atoms with Crippen molar-refractivity contribution in [3.63, 3.8) is 0 Å². The van der Waals surface area contributed by atoms with E-state index in [1.807, 2.05) is 60.7 Å². The maximum absolute atomic E-state index is 14.2. The molecule has 2 heterocycles. The number of benzene rings is 3. The smallest absolute Gasteiger partial charge is 0.332 e. The van der Waals surface area contributed by atoms with Gasteiger partial charge in [0.25, 0.3) is 5.91 Å². The predicted octanol–water partition coefficient (Wildman–Crippen LogP) is 10.7. The zero-order valence-corrected chi connectivity index (χ0v) is 34.3. The van der Waals surface area contributed by atoms with Gasteiger partial charge in [-0.3, -0.25) is 19.0 Å². The number of carbonyl (C=O) groups excluding carboxylic acids is 3. The van der Waals surface area contributed by atoms with Gasteiger partial charge in [-0.05, 0) is 30.2 Å². The summed E-state index contributed by atoms with van der Waals surface area (Å²) in [4.78, 5) is 62.2. The summed E-state index contributed by atoms with van der Waals surface area (Å²) >= 11 is 6.51. The topological polar surface area (TPSA) is 151 Å². The molecular weight excluding hydrogens is 752 g/mol. The number of carbonyl (C=O) groups is 3. The van der Waals surface area contributed by atoms with Gasteiger partial charge in [0.15, 0.2) is 6.04 Å². The van der Waals surface area contributed by atoms with Crippen LogP contribution in [0.25, 0.3) is 11.4 Å². The SMILES string of the molecule is CCCCCCCCCCCCCCCCCC(=O)Nc1ccc(Cl)c(NC(=O)C(C(=O)c2cnc(-c3ccccc3)[nH]2)n2c(O)cn(Cc3ccccc3)c2=O)c1. The van der Waals surface area contributed by atoms with E-state index in [-0.39, 0.29) is 28.9 Å². The van der Waals surface area contributed by atoms with Crippen LogP contribution in [0.3, 0.4) is 0 Å². The highest BCUT2D eigenvalue weighted by Gasteiger charge is 2.35. The molecule has 58 heavy (non-hydrogen) atoms. The number of hydrogen-bond acceptors (Lipinski definition) is 6. The van der Waals surface area contributed by atoms with E-state index in [0.29, 0.717) is 23.5 Å². The highest BCUT2D eigenvalue weighted by Crippen LogP contribution is 2.29. The van der Waals surface area contributed by atoms with Crippen LogP contribution in [0.4, 0.5) is 11.4 Å². The summed E-state index contributed by atoms with van der Waals surface area (Å²) in [5, 5.41) is 16.8. The zero-order chi connectivity index (χ0) is 41.1. The predicted molar refractivity (Wildman–Crippen MR) is 232 cm³/mol. The van der Waals surface area contributed by atoms with E-state index >= 15 is 0 Å². The summed E-state index contributed by atoms with van der Waals surface area (Å²) in [6, 6.07) is 21.0. The van der Waals surface area contributed by atoms with Crippen molar-refractivity contribution in [3.05, 3.63) is 118 Å². The Morgan fingerprint density at radius 3 is 1.98 bits per heavy atom. The fourth-order valence-corrected chi connectivity index (χ4v) is 7.26. The Morgan fingerprint density at radius 2 is 1.36 bits per heavy atom. The number of aromatic hydroxyl groups is 1. The third-order valence-electron chi connectivity index (χ3n) is 10.3. The molecule has 3 aromatic carbocycles. The first-order chi connectivity index (χ1) is 28.2. The lowest BCUT2D eigenvalue weighted by Gasteiger charge is -2.18. The molecule has 0 aliphatic carbocycles. The first kappa shape index (κ1) is 43.7. The van der Waals surface area contributed by atoms with Crippen LogP contribution in [0.2, 0.25) is 5.02 Å². The van der Waals surface area contributed by atoms with Crippen molar-refractivity contribution < 1.29 is 19.5 Å². The fraction of sp³-hybridized carbons (Fsp3) is 0.413. The van der Waals surface area contributed by atoms with Crippen molar-refractivity contribution >= 4 is 40.6 Å². The van der Waals surface area contributed by atoms with Gasteiger partial charge in [0.05, 0.1) is 29.6 Å². The number of halogens is 1. The zero-order valence-electron chi connectivity index (χ0n) is 33.6. The molecule has 0 radical (unpaired) electrons. The molecule has 0 bridgehead atoms. The lowest BCUT2D eigenvalue weighted by molar-refractivity contribution is -0.118. The monoisotopic (exact) mass is 808 g/mol. The summed E-state index contributed by atoms with van der Waals surface area (Å²) in [6.45, 7) is 2.35. The molecule has 0 aliphatic rings. The number of anilines is 2. The van der Waals surface area contributed by atoms with Gasteiger partial charge in [0, 0.05) is 17.7 Å². The highest BCUT2D eigenvalue weighted by molar-refractivity contribution is 6.34. The number of amides is 2. The van der Waals surface area contributed by atoms with Gasteiger partial charge in [-0.2, -0.15) is 0 Å². The first-order valence-corrected chi connectivity index (χ1v) is 21.2. The van der Waals surface area contributed by atoms with Crippen LogP contribution in [0, 0.1) is 0 Å². The number of aromatic amines is 1. The van der Waals surface area contributed by atoms with Crippen molar-refractivity contribution in [2.24, 2.45) is 0 Å². The van der Waals surface area contributed by atoms with E-state index in [4.69, 9.17) is 11.6 Å². The summed E-state index contributed by atoms with van der Waals surface area (Å²) < 4.78 is 1.98. The summed E-state index contributed by atoms with van der Waals surface area (Å²) in [5.74, 6) is -2.10. The Labute approximate surface area is 346 Å². The van der Waals surface area contributed by atoms with Crippen molar-refractivity contribution in [1.29, 1.82) is 0 Å². The number of rotatable bonds is 25. The molecule has 2 amide bonds. The lowest BCUT2D eigenvalue weighted by Crippen LogP contribution is -2.39. The quantitative estimate of drug-likeness (QED) is 0.0262. The van der Waals surface area contributed by atoms with E-state index in [1.54, 1.807) is 6.07 Å². The van der Waals surface area contributed by atoms with Crippen molar-refractivity contribution in [1.82, 2.24) is 19.1 Å². The van der Waals surface area contributed by atoms with Gasteiger partial charge in [0.2, 0.25) is 17.6 Å². The van der Waals surface area contributed by atoms with Crippen LogP contribution in [-0.2, 0) is 16.1 Å². The Morgan fingerprint density at radius 1 is 0.776 bits per heavy atom. The molecule has 1 atom stereocenters.